The van der Waals surface area contributed by atoms with Crippen LogP contribution in [0.1, 0.15) is 39.1 Å². The maximum absolute atomic E-state index is 12.0. The lowest BCUT2D eigenvalue weighted by Gasteiger charge is -2.08. The van der Waals surface area contributed by atoms with Gasteiger partial charge in [-0.1, -0.05) is 29.8 Å². The lowest BCUT2D eigenvalue weighted by Crippen LogP contribution is -2.34. The van der Waals surface area contributed by atoms with Crippen LogP contribution < -0.4 is 10.6 Å². The molecule has 7 heteroatoms. The standard InChI is InChI=1S/C20H22N2O5/c1-13-2-4-14(5-3-13)18(25)6-7-19(26)21-8-9-22-20(27)15-10-16(23)12-17(24)11-15/h2-5,10-12,23-24H,6-9H2,1H3,(H,21,26)(H,22,27). The maximum Gasteiger partial charge on any atom is 0.251 e. The van der Waals surface area contributed by atoms with Gasteiger partial charge >= 0.3 is 0 Å². The van der Waals surface area contributed by atoms with Crippen LogP contribution in [0.3, 0.4) is 0 Å². The van der Waals surface area contributed by atoms with Crippen LogP contribution in [0, 0.1) is 6.92 Å². The van der Waals surface area contributed by atoms with Crippen molar-refractivity contribution in [3.63, 3.8) is 0 Å². The molecule has 27 heavy (non-hydrogen) atoms. The van der Waals surface area contributed by atoms with Crippen molar-refractivity contribution < 1.29 is 24.6 Å². The molecule has 2 amide bonds. The number of nitrogens with one attached hydrogen (secondary N) is 2. The van der Waals surface area contributed by atoms with E-state index in [1.54, 1.807) is 12.1 Å². The van der Waals surface area contributed by atoms with Crippen molar-refractivity contribution in [3.8, 4) is 11.5 Å². The zero-order valence-corrected chi connectivity index (χ0v) is 15.0. The number of benzene rings is 2. The van der Waals surface area contributed by atoms with Crippen molar-refractivity contribution in [1.82, 2.24) is 10.6 Å². The van der Waals surface area contributed by atoms with E-state index in [4.69, 9.17) is 0 Å². The third kappa shape index (κ3) is 6.47. The molecule has 0 unspecified atom stereocenters. The van der Waals surface area contributed by atoms with Gasteiger partial charge in [0, 0.05) is 43.1 Å². The minimum absolute atomic E-state index is 0.0705. The Morgan fingerprint density at radius 1 is 0.815 bits per heavy atom. The number of hydrogen-bond acceptors (Lipinski definition) is 5. The van der Waals surface area contributed by atoms with Crippen LogP contribution >= 0.6 is 0 Å². The first kappa shape index (κ1) is 20.0. The average Bonchev–Trinajstić information content (AvgIpc) is 2.63. The normalized spacial score (nSPS) is 10.3. The molecule has 0 aromatic heterocycles. The van der Waals surface area contributed by atoms with Crippen LogP contribution in [0.15, 0.2) is 42.5 Å². The summed E-state index contributed by atoms with van der Waals surface area (Å²) in [6, 6.07) is 10.8. The molecule has 2 aromatic carbocycles. The van der Waals surface area contributed by atoms with E-state index in [9.17, 15) is 24.6 Å². The van der Waals surface area contributed by atoms with Crippen LogP contribution in [0.25, 0.3) is 0 Å². The van der Waals surface area contributed by atoms with Crippen molar-refractivity contribution in [2.75, 3.05) is 13.1 Å². The van der Waals surface area contributed by atoms with Crippen LogP contribution in [0.5, 0.6) is 11.5 Å². The maximum atomic E-state index is 12.0. The molecular formula is C20H22N2O5. The number of hydrogen-bond donors (Lipinski definition) is 4. The SMILES string of the molecule is Cc1ccc(C(=O)CCC(=O)NCCNC(=O)c2cc(O)cc(O)c2)cc1. The first-order valence-electron chi connectivity index (χ1n) is 8.53. The molecular weight excluding hydrogens is 348 g/mol. The zero-order chi connectivity index (χ0) is 19.8. The Bertz CT molecular complexity index is 811. The molecule has 0 spiro atoms. The van der Waals surface area contributed by atoms with Gasteiger partial charge in [-0.05, 0) is 19.1 Å². The molecule has 0 bridgehead atoms. The lowest BCUT2D eigenvalue weighted by atomic mass is 10.1. The highest BCUT2D eigenvalue weighted by Crippen LogP contribution is 2.20. The number of aryl methyl sites for hydroxylation is 1. The lowest BCUT2D eigenvalue weighted by molar-refractivity contribution is -0.121. The summed E-state index contributed by atoms with van der Waals surface area (Å²) in [6.07, 6.45) is 0.185. The van der Waals surface area contributed by atoms with Crippen molar-refractivity contribution in [3.05, 3.63) is 59.2 Å². The third-order valence-corrected chi connectivity index (χ3v) is 3.85. The summed E-state index contributed by atoms with van der Waals surface area (Å²) in [5, 5.41) is 23.9. The molecule has 142 valence electrons. The number of amides is 2. The van der Waals surface area contributed by atoms with Crippen molar-refractivity contribution in [2.24, 2.45) is 0 Å². The molecule has 0 saturated carbocycles. The van der Waals surface area contributed by atoms with E-state index < -0.39 is 5.91 Å². The molecule has 2 aromatic rings. The second-order valence-corrected chi connectivity index (χ2v) is 6.13. The van der Waals surface area contributed by atoms with Gasteiger partial charge in [-0.25, -0.2) is 0 Å². The summed E-state index contributed by atoms with van der Waals surface area (Å²) in [7, 11) is 0. The Morgan fingerprint density at radius 3 is 2.04 bits per heavy atom. The van der Waals surface area contributed by atoms with Crippen LogP contribution in [0.2, 0.25) is 0 Å². The van der Waals surface area contributed by atoms with E-state index in [2.05, 4.69) is 10.6 Å². The van der Waals surface area contributed by atoms with Gasteiger partial charge < -0.3 is 20.8 Å². The zero-order valence-electron chi connectivity index (χ0n) is 15.0. The van der Waals surface area contributed by atoms with E-state index in [1.165, 1.54) is 12.1 Å². The fourth-order valence-corrected chi connectivity index (χ4v) is 2.41. The van der Waals surface area contributed by atoms with Crippen LogP contribution in [-0.4, -0.2) is 40.9 Å². The minimum Gasteiger partial charge on any atom is -0.508 e. The number of aromatic hydroxyl groups is 2. The molecule has 0 aliphatic carbocycles. The van der Waals surface area contributed by atoms with Crippen LogP contribution in [-0.2, 0) is 4.79 Å². The number of carbonyl (C=O) groups excluding carboxylic acids is 3. The second kappa shape index (κ2) is 9.38. The summed E-state index contributed by atoms with van der Waals surface area (Å²) in [6.45, 7) is 2.31. The summed E-state index contributed by atoms with van der Waals surface area (Å²) < 4.78 is 0. The number of ketones is 1. The van der Waals surface area contributed by atoms with Crippen molar-refractivity contribution >= 4 is 17.6 Å². The van der Waals surface area contributed by atoms with Gasteiger partial charge in [-0.15, -0.1) is 0 Å². The van der Waals surface area contributed by atoms with Crippen molar-refractivity contribution in [1.29, 1.82) is 0 Å². The highest BCUT2D eigenvalue weighted by molar-refractivity contribution is 5.98. The predicted octanol–water partition coefficient (Wildman–Crippen LogP) is 1.92. The molecule has 7 nitrogen and oxygen atoms in total. The average molecular weight is 370 g/mol. The topological polar surface area (TPSA) is 116 Å². The van der Waals surface area contributed by atoms with E-state index >= 15 is 0 Å². The van der Waals surface area contributed by atoms with Gasteiger partial charge in [0.05, 0.1) is 0 Å². The van der Waals surface area contributed by atoms with Crippen LogP contribution in [0.4, 0.5) is 0 Å². The number of Topliss-reactive ketones (excluding diaryl/α,β-unsaturated/α-hetero) is 1. The first-order valence-corrected chi connectivity index (χ1v) is 8.53. The number of rotatable bonds is 8. The summed E-state index contributed by atoms with van der Waals surface area (Å²) in [5.74, 6) is -1.29. The fraction of sp³-hybridized carbons (Fsp3) is 0.250. The third-order valence-electron chi connectivity index (χ3n) is 3.85. The van der Waals surface area contributed by atoms with Gasteiger partial charge in [-0.3, -0.25) is 14.4 Å². The summed E-state index contributed by atoms with van der Waals surface area (Å²) in [4.78, 5) is 35.7. The molecule has 0 aliphatic heterocycles. The Labute approximate surface area is 157 Å². The molecule has 0 radical (unpaired) electrons. The van der Waals surface area contributed by atoms with Gasteiger partial charge in [0.15, 0.2) is 5.78 Å². The largest absolute Gasteiger partial charge is 0.508 e. The second-order valence-electron chi connectivity index (χ2n) is 6.13. The molecule has 0 saturated heterocycles. The Morgan fingerprint density at radius 2 is 1.41 bits per heavy atom. The molecule has 2 rings (SSSR count). The van der Waals surface area contributed by atoms with E-state index in [0.29, 0.717) is 5.56 Å². The Balaban J connectivity index is 1.67. The van der Waals surface area contributed by atoms with Gasteiger partial charge in [0.1, 0.15) is 11.5 Å². The van der Waals surface area contributed by atoms with E-state index in [0.717, 1.165) is 11.6 Å². The molecule has 0 atom stereocenters. The quantitative estimate of drug-likeness (QED) is 0.418. The molecule has 0 heterocycles. The Hall–Kier alpha value is -3.35. The summed E-state index contributed by atoms with van der Waals surface area (Å²) >= 11 is 0. The van der Waals surface area contributed by atoms with E-state index in [1.807, 2.05) is 19.1 Å². The monoisotopic (exact) mass is 370 g/mol. The number of carbonyl (C=O) groups is 3. The van der Waals surface area contributed by atoms with Crippen molar-refractivity contribution in [2.45, 2.75) is 19.8 Å². The predicted molar refractivity (Wildman–Crippen MR) is 99.9 cm³/mol. The summed E-state index contributed by atoms with van der Waals surface area (Å²) in [5.41, 5.74) is 1.75. The highest BCUT2D eigenvalue weighted by Gasteiger charge is 2.10. The first-order chi connectivity index (χ1) is 12.8. The fourth-order valence-electron chi connectivity index (χ4n) is 2.41. The van der Waals surface area contributed by atoms with E-state index in [-0.39, 0.29) is 54.7 Å². The smallest absolute Gasteiger partial charge is 0.251 e. The molecule has 4 N–H and O–H groups in total. The number of phenolic OH excluding ortho intramolecular Hbond substituents is 2. The minimum atomic E-state index is -0.481. The van der Waals surface area contributed by atoms with Gasteiger partial charge in [0.25, 0.3) is 5.91 Å². The Kier molecular flexibility index (Phi) is 6.93. The number of phenols is 2. The van der Waals surface area contributed by atoms with Gasteiger partial charge in [0.2, 0.25) is 5.91 Å². The van der Waals surface area contributed by atoms with Gasteiger partial charge in [-0.2, -0.15) is 0 Å². The molecule has 0 aliphatic rings. The highest BCUT2D eigenvalue weighted by atomic mass is 16.3. The molecule has 0 fully saturated rings.